The van der Waals surface area contributed by atoms with E-state index in [1.165, 1.54) is 12.1 Å². The molecule has 1 aromatic heterocycles. The number of likely N-dealkylation sites (N-methyl/N-ethyl adjacent to an activating group) is 1. The predicted molar refractivity (Wildman–Crippen MR) is 69.5 cm³/mol. The predicted octanol–water partition coefficient (Wildman–Crippen LogP) is 1.76. The van der Waals surface area contributed by atoms with E-state index in [1.807, 2.05) is 14.0 Å². The van der Waals surface area contributed by atoms with Crippen LogP contribution in [0.2, 0.25) is 0 Å². The molecule has 2 rings (SSSR count). The minimum atomic E-state index is -0.426. The first-order valence-electron chi connectivity index (χ1n) is 6.51. The molecule has 0 bridgehead atoms. The first kappa shape index (κ1) is 14.1. The average molecular weight is 266 g/mol. The molecule has 5 heteroatoms. The van der Waals surface area contributed by atoms with E-state index in [0.29, 0.717) is 18.3 Å². The van der Waals surface area contributed by atoms with Crippen LogP contribution in [-0.2, 0) is 4.74 Å². The normalized spacial score (nSPS) is 20.7. The van der Waals surface area contributed by atoms with Crippen molar-refractivity contribution in [2.45, 2.75) is 19.4 Å². The van der Waals surface area contributed by atoms with Crippen molar-refractivity contribution >= 4 is 5.78 Å². The Kier molecular flexibility index (Phi) is 4.61. The molecule has 4 nitrogen and oxygen atoms in total. The van der Waals surface area contributed by atoms with Crippen molar-refractivity contribution in [2.75, 3.05) is 26.8 Å². The van der Waals surface area contributed by atoms with Gasteiger partial charge in [0.2, 0.25) is 0 Å². The van der Waals surface area contributed by atoms with Crippen molar-refractivity contribution in [1.29, 1.82) is 0 Å². The lowest BCUT2D eigenvalue weighted by Gasteiger charge is -2.25. The molecule has 0 aliphatic carbocycles. The summed E-state index contributed by atoms with van der Waals surface area (Å²) in [5.74, 6) is -0.640. The second-order valence-electron chi connectivity index (χ2n) is 5.08. The van der Waals surface area contributed by atoms with Crippen LogP contribution >= 0.6 is 0 Å². The molecule has 0 N–H and O–H groups in total. The number of carbonyl (C=O) groups excluding carboxylic acids is 1. The summed E-state index contributed by atoms with van der Waals surface area (Å²) in [5.41, 5.74) is 0.324. The number of Topliss-reactive ketones (excluding diaryl/α,β-unsaturated/α-hetero) is 1. The highest BCUT2D eigenvalue weighted by Gasteiger charge is 2.24. The van der Waals surface area contributed by atoms with Crippen molar-refractivity contribution in [1.82, 2.24) is 9.88 Å². The summed E-state index contributed by atoms with van der Waals surface area (Å²) in [6.45, 7) is 4.05. The molecule has 104 valence electrons. The third kappa shape index (κ3) is 3.58. The number of rotatable bonds is 5. The van der Waals surface area contributed by atoms with Gasteiger partial charge in [-0.2, -0.15) is 0 Å². The topological polar surface area (TPSA) is 42.4 Å². The van der Waals surface area contributed by atoms with E-state index >= 15 is 0 Å². The van der Waals surface area contributed by atoms with Crippen molar-refractivity contribution in [3.8, 4) is 0 Å². The minimum Gasteiger partial charge on any atom is -0.380 e. The zero-order valence-electron chi connectivity index (χ0n) is 11.3. The number of halogens is 1. The first-order chi connectivity index (χ1) is 9.08. The zero-order valence-corrected chi connectivity index (χ0v) is 11.3. The highest BCUT2D eigenvalue weighted by Crippen LogP contribution is 2.14. The molecule has 1 fully saturated rings. The second-order valence-corrected chi connectivity index (χ2v) is 5.08. The monoisotopic (exact) mass is 266 g/mol. The van der Waals surface area contributed by atoms with Gasteiger partial charge in [-0.05, 0) is 25.6 Å². The maximum absolute atomic E-state index is 12.8. The van der Waals surface area contributed by atoms with Crippen molar-refractivity contribution < 1.29 is 13.9 Å². The molecule has 19 heavy (non-hydrogen) atoms. The number of hydrogen-bond acceptors (Lipinski definition) is 4. The average Bonchev–Trinajstić information content (AvgIpc) is 2.92. The van der Waals surface area contributed by atoms with Crippen LogP contribution in [0.1, 0.15) is 23.8 Å². The molecular weight excluding hydrogens is 247 g/mol. The van der Waals surface area contributed by atoms with E-state index < -0.39 is 5.82 Å². The maximum Gasteiger partial charge on any atom is 0.185 e. The van der Waals surface area contributed by atoms with Gasteiger partial charge in [-0.15, -0.1) is 0 Å². The maximum atomic E-state index is 12.8. The Morgan fingerprint density at radius 3 is 3.00 bits per heavy atom. The summed E-state index contributed by atoms with van der Waals surface area (Å²) < 4.78 is 18.1. The van der Waals surface area contributed by atoms with Crippen LogP contribution in [-0.4, -0.2) is 48.5 Å². The van der Waals surface area contributed by atoms with Gasteiger partial charge in [0, 0.05) is 25.1 Å². The van der Waals surface area contributed by atoms with Gasteiger partial charge in [0.15, 0.2) is 5.78 Å². The quantitative estimate of drug-likeness (QED) is 0.762. The molecule has 0 radical (unpaired) electrons. The summed E-state index contributed by atoms with van der Waals surface area (Å²) in [5, 5.41) is 0. The summed E-state index contributed by atoms with van der Waals surface area (Å²) in [7, 11) is 2.00. The Morgan fingerprint density at radius 2 is 2.42 bits per heavy atom. The van der Waals surface area contributed by atoms with Crippen LogP contribution in [0.4, 0.5) is 4.39 Å². The van der Waals surface area contributed by atoms with Gasteiger partial charge in [0.1, 0.15) is 11.5 Å². The number of pyridine rings is 1. The number of nitrogens with zero attached hydrogens (tertiary/aromatic N) is 2. The molecule has 0 amide bonds. The third-order valence-electron chi connectivity index (χ3n) is 3.52. The molecule has 2 unspecified atom stereocenters. The minimum absolute atomic E-state index is 0.0502. The van der Waals surface area contributed by atoms with E-state index in [1.54, 1.807) is 0 Å². The number of ketones is 1. The fraction of sp³-hybridized carbons (Fsp3) is 0.571. The van der Waals surface area contributed by atoms with Gasteiger partial charge >= 0.3 is 0 Å². The standard InChI is InChI=1S/C14H19FN2O2/c1-10(8-17(2)12-5-6-19-9-12)14(18)13-4-3-11(15)7-16-13/h3-4,7,10,12H,5-6,8-9H2,1-2H3. The summed E-state index contributed by atoms with van der Waals surface area (Å²) in [6, 6.07) is 3.09. The largest absolute Gasteiger partial charge is 0.380 e. The molecule has 0 aromatic carbocycles. The Balaban J connectivity index is 1.93. The molecule has 2 atom stereocenters. The van der Waals surface area contributed by atoms with E-state index in [2.05, 4.69) is 9.88 Å². The lowest BCUT2D eigenvalue weighted by Crippen LogP contribution is -2.37. The smallest absolute Gasteiger partial charge is 0.185 e. The van der Waals surface area contributed by atoms with E-state index in [9.17, 15) is 9.18 Å². The number of hydrogen-bond donors (Lipinski definition) is 0. The molecule has 0 spiro atoms. The fourth-order valence-electron chi connectivity index (χ4n) is 2.31. The Bertz CT molecular complexity index is 430. The molecule has 1 aromatic rings. The van der Waals surface area contributed by atoms with Crippen molar-refractivity contribution in [3.63, 3.8) is 0 Å². The lowest BCUT2D eigenvalue weighted by atomic mass is 10.0. The highest BCUT2D eigenvalue weighted by molar-refractivity contribution is 5.95. The van der Waals surface area contributed by atoms with E-state index in [4.69, 9.17) is 4.74 Å². The second kappa shape index (κ2) is 6.21. The van der Waals surface area contributed by atoms with Gasteiger partial charge < -0.3 is 9.64 Å². The summed E-state index contributed by atoms with van der Waals surface area (Å²) in [4.78, 5) is 18.2. The van der Waals surface area contributed by atoms with Crippen LogP contribution in [0.15, 0.2) is 18.3 Å². The van der Waals surface area contributed by atoms with Crippen molar-refractivity contribution in [2.24, 2.45) is 5.92 Å². The summed E-state index contributed by atoms with van der Waals surface area (Å²) >= 11 is 0. The molecule has 0 saturated carbocycles. The SMILES string of the molecule is CC(CN(C)C1CCOC1)C(=O)c1ccc(F)cn1. The molecule has 1 saturated heterocycles. The van der Waals surface area contributed by atoms with Gasteiger partial charge in [0.05, 0.1) is 12.8 Å². The van der Waals surface area contributed by atoms with Crippen molar-refractivity contribution in [3.05, 3.63) is 29.8 Å². The number of aromatic nitrogens is 1. The first-order valence-corrected chi connectivity index (χ1v) is 6.51. The van der Waals surface area contributed by atoms with Crippen LogP contribution in [0.25, 0.3) is 0 Å². The fourth-order valence-corrected chi connectivity index (χ4v) is 2.31. The molecule has 1 aliphatic heterocycles. The van der Waals surface area contributed by atoms with Crippen LogP contribution < -0.4 is 0 Å². The zero-order chi connectivity index (χ0) is 13.8. The van der Waals surface area contributed by atoms with Gasteiger partial charge in [-0.3, -0.25) is 9.78 Å². The Hall–Kier alpha value is -1.33. The number of ether oxygens (including phenoxy) is 1. The molecular formula is C14H19FN2O2. The Morgan fingerprint density at radius 1 is 1.63 bits per heavy atom. The van der Waals surface area contributed by atoms with E-state index in [-0.39, 0.29) is 11.7 Å². The summed E-state index contributed by atoms with van der Waals surface area (Å²) in [6.07, 6.45) is 2.08. The van der Waals surface area contributed by atoms with Gasteiger partial charge in [-0.1, -0.05) is 6.92 Å². The Labute approximate surface area is 112 Å². The number of carbonyl (C=O) groups is 1. The lowest BCUT2D eigenvalue weighted by molar-refractivity contribution is 0.0872. The van der Waals surface area contributed by atoms with Crippen LogP contribution in [0, 0.1) is 11.7 Å². The molecule has 1 aliphatic rings. The van der Waals surface area contributed by atoms with E-state index in [0.717, 1.165) is 25.8 Å². The van der Waals surface area contributed by atoms with Gasteiger partial charge in [-0.25, -0.2) is 4.39 Å². The third-order valence-corrected chi connectivity index (χ3v) is 3.52. The highest BCUT2D eigenvalue weighted by atomic mass is 19.1. The van der Waals surface area contributed by atoms with Crippen LogP contribution in [0.5, 0.6) is 0 Å². The van der Waals surface area contributed by atoms with Gasteiger partial charge in [0.25, 0.3) is 0 Å². The van der Waals surface area contributed by atoms with Crippen LogP contribution in [0.3, 0.4) is 0 Å². The molecule has 2 heterocycles.